The molecule has 0 atom stereocenters. The second kappa shape index (κ2) is 5.60. The van der Waals surface area contributed by atoms with E-state index in [9.17, 15) is 9.59 Å². The van der Waals surface area contributed by atoms with Crippen molar-refractivity contribution >= 4 is 22.6 Å². The van der Waals surface area contributed by atoms with Gasteiger partial charge in [0.05, 0.1) is 12.7 Å². The van der Waals surface area contributed by atoms with Gasteiger partial charge in [0.25, 0.3) is 11.7 Å². The zero-order valence-electron chi connectivity index (χ0n) is 11.9. The minimum atomic E-state index is -0.523. The van der Waals surface area contributed by atoms with Gasteiger partial charge in [-0.2, -0.15) is 0 Å². The van der Waals surface area contributed by atoms with Crippen LogP contribution in [0.25, 0.3) is 10.9 Å². The van der Waals surface area contributed by atoms with Crippen LogP contribution >= 0.6 is 0 Å². The summed E-state index contributed by atoms with van der Waals surface area (Å²) >= 11 is 0. The zero-order chi connectivity index (χ0) is 14.8. The fourth-order valence-corrected chi connectivity index (χ4v) is 2.86. The lowest BCUT2D eigenvalue weighted by molar-refractivity contribution is -0.117. The van der Waals surface area contributed by atoms with Gasteiger partial charge in [-0.05, 0) is 31.0 Å². The molecule has 3 rings (SSSR count). The molecule has 21 heavy (non-hydrogen) atoms. The summed E-state index contributed by atoms with van der Waals surface area (Å²) in [5, 5.41) is 3.54. The number of ketones is 1. The van der Waals surface area contributed by atoms with Crippen molar-refractivity contribution in [3.05, 3.63) is 30.0 Å². The van der Waals surface area contributed by atoms with Gasteiger partial charge in [0.1, 0.15) is 5.75 Å². The van der Waals surface area contributed by atoms with Crippen molar-refractivity contribution in [3.63, 3.8) is 0 Å². The van der Waals surface area contributed by atoms with Gasteiger partial charge in [-0.3, -0.25) is 9.59 Å². The molecule has 110 valence electrons. The van der Waals surface area contributed by atoms with Crippen molar-refractivity contribution in [1.29, 1.82) is 0 Å². The number of ether oxygens (including phenoxy) is 1. The van der Waals surface area contributed by atoms with Crippen LogP contribution in [0.2, 0.25) is 0 Å². The maximum atomic E-state index is 12.3. The first-order chi connectivity index (χ1) is 10.2. The summed E-state index contributed by atoms with van der Waals surface area (Å²) in [6, 6.07) is 5.55. The van der Waals surface area contributed by atoms with Crippen molar-refractivity contribution in [1.82, 2.24) is 10.3 Å². The predicted molar refractivity (Wildman–Crippen MR) is 79.6 cm³/mol. The monoisotopic (exact) mass is 286 g/mol. The molecule has 1 aromatic heterocycles. The molecule has 0 spiro atoms. The SMILES string of the molecule is COc1ccc2[nH]cc(C(=O)C(=O)NC3CCCC3)c2c1. The summed E-state index contributed by atoms with van der Waals surface area (Å²) in [6.45, 7) is 0. The zero-order valence-corrected chi connectivity index (χ0v) is 11.9. The number of nitrogens with one attached hydrogen (secondary N) is 2. The number of Topliss-reactive ketones (excluding diaryl/α,β-unsaturated/α-hetero) is 1. The molecule has 1 heterocycles. The van der Waals surface area contributed by atoms with Crippen LogP contribution in [0, 0.1) is 0 Å². The first kappa shape index (κ1) is 13.7. The number of methoxy groups -OCH3 is 1. The van der Waals surface area contributed by atoms with E-state index in [1.165, 1.54) is 0 Å². The molecule has 0 radical (unpaired) electrons. The van der Waals surface area contributed by atoms with Gasteiger partial charge in [0, 0.05) is 23.1 Å². The standard InChI is InChI=1S/C16H18N2O3/c1-21-11-6-7-14-12(8-11)13(9-17-14)15(19)16(20)18-10-4-2-3-5-10/h6-10,17H,2-5H2,1H3,(H,18,20). The number of amides is 1. The number of aromatic nitrogens is 1. The lowest BCUT2D eigenvalue weighted by atomic mass is 10.1. The number of H-pyrrole nitrogens is 1. The van der Waals surface area contributed by atoms with Crippen LogP contribution in [0.5, 0.6) is 5.75 Å². The Kier molecular flexibility index (Phi) is 3.64. The molecule has 1 aliphatic carbocycles. The van der Waals surface area contributed by atoms with Gasteiger partial charge in [-0.15, -0.1) is 0 Å². The molecule has 0 aliphatic heterocycles. The Morgan fingerprint density at radius 3 is 2.76 bits per heavy atom. The molecule has 1 saturated carbocycles. The topological polar surface area (TPSA) is 71.2 Å². The molecule has 0 bridgehead atoms. The third-order valence-electron chi connectivity index (χ3n) is 4.03. The quantitative estimate of drug-likeness (QED) is 0.670. The van der Waals surface area contributed by atoms with Gasteiger partial charge in [0.15, 0.2) is 0 Å². The van der Waals surface area contributed by atoms with E-state index < -0.39 is 11.7 Å². The van der Waals surface area contributed by atoms with Gasteiger partial charge in [0.2, 0.25) is 0 Å². The van der Waals surface area contributed by atoms with Crippen LogP contribution < -0.4 is 10.1 Å². The summed E-state index contributed by atoms with van der Waals surface area (Å²) in [5.41, 5.74) is 1.20. The van der Waals surface area contributed by atoms with Gasteiger partial charge in [-0.1, -0.05) is 12.8 Å². The van der Waals surface area contributed by atoms with Crippen molar-refractivity contribution in [2.24, 2.45) is 0 Å². The Morgan fingerprint density at radius 1 is 1.29 bits per heavy atom. The minimum absolute atomic E-state index is 0.140. The largest absolute Gasteiger partial charge is 0.497 e. The third kappa shape index (κ3) is 2.63. The first-order valence-electron chi connectivity index (χ1n) is 7.19. The van der Waals surface area contributed by atoms with Gasteiger partial charge >= 0.3 is 0 Å². The molecular formula is C16H18N2O3. The number of carbonyl (C=O) groups excluding carboxylic acids is 2. The smallest absolute Gasteiger partial charge is 0.292 e. The van der Waals surface area contributed by atoms with Crippen LogP contribution in [0.15, 0.2) is 24.4 Å². The van der Waals surface area contributed by atoms with Crippen LogP contribution in [0.1, 0.15) is 36.0 Å². The maximum Gasteiger partial charge on any atom is 0.292 e. The van der Waals surface area contributed by atoms with Crippen molar-refractivity contribution in [3.8, 4) is 5.75 Å². The van der Waals surface area contributed by atoms with Gasteiger partial charge in [-0.25, -0.2) is 0 Å². The van der Waals surface area contributed by atoms with E-state index >= 15 is 0 Å². The lowest BCUT2D eigenvalue weighted by Crippen LogP contribution is -2.37. The number of hydrogen-bond donors (Lipinski definition) is 2. The van der Waals surface area contributed by atoms with Crippen LogP contribution in [-0.4, -0.2) is 29.8 Å². The predicted octanol–water partition coefficient (Wildman–Crippen LogP) is 2.42. The maximum absolute atomic E-state index is 12.3. The number of hydrogen-bond acceptors (Lipinski definition) is 3. The van der Waals surface area contributed by atoms with Crippen molar-refractivity contribution < 1.29 is 14.3 Å². The summed E-state index contributed by atoms with van der Waals surface area (Å²) in [5.74, 6) is -0.362. The molecule has 1 aliphatic rings. The lowest BCUT2D eigenvalue weighted by Gasteiger charge is -2.10. The Hall–Kier alpha value is -2.30. The summed E-state index contributed by atoms with van der Waals surface area (Å²) in [4.78, 5) is 27.4. The van der Waals surface area contributed by atoms with Gasteiger partial charge < -0.3 is 15.0 Å². The molecular weight excluding hydrogens is 268 g/mol. The molecule has 1 aromatic carbocycles. The molecule has 2 N–H and O–H groups in total. The number of rotatable bonds is 4. The molecule has 5 nitrogen and oxygen atoms in total. The number of fused-ring (bicyclic) bond motifs is 1. The van der Waals surface area contributed by atoms with Crippen molar-refractivity contribution in [2.45, 2.75) is 31.7 Å². The van der Waals surface area contributed by atoms with E-state index in [0.29, 0.717) is 16.7 Å². The molecule has 5 heteroatoms. The number of carbonyl (C=O) groups is 2. The van der Waals surface area contributed by atoms with E-state index in [0.717, 1.165) is 31.2 Å². The highest BCUT2D eigenvalue weighted by molar-refractivity contribution is 6.45. The fraction of sp³-hybridized carbons (Fsp3) is 0.375. The Balaban J connectivity index is 1.84. The number of benzene rings is 1. The highest BCUT2D eigenvalue weighted by Crippen LogP contribution is 2.24. The van der Waals surface area contributed by atoms with Crippen LogP contribution in [0.4, 0.5) is 0 Å². The second-order valence-electron chi connectivity index (χ2n) is 5.40. The Labute approximate surface area is 122 Å². The molecule has 0 saturated heterocycles. The van der Waals surface area contributed by atoms with E-state index in [1.807, 2.05) is 12.1 Å². The molecule has 2 aromatic rings. The second-order valence-corrected chi connectivity index (χ2v) is 5.40. The Morgan fingerprint density at radius 2 is 2.05 bits per heavy atom. The van der Waals surface area contributed by atoms with E-state index in [-0.39, 0.29) is 6.04 Å². The highest BCUT2D eigenvalue weighted by Gasteiger charge is 2.24. The summed E-state index contributed by atoms with van der Waals surface area (Å²) in [6.07, 6.45) is 5.73. The molecule has 1 amide bonds. The summed E-state index contributed by atoms with van der Waals surface area (Å²) in [7, 11) is 1.57. The van der Waals surface area contributed by atoms with Crippen molar-refractivity contribution in [2.75, 3.05) is 7.11 Å². The average Bonchev–Trinajstić information content (AvgIpc) is 3.14. The molecule has 1 fully saturated rings. The summed E-state index contributed by atoms with van der Waals surface area (Å²) < 4.78 is 5.17. The van der Waals surface area contributed by atoms with E-state index in [4.69, 9.17) is 4.74 Å². The van der Waals surface area contributed by atoms with Crippen LogP contribution in [0.3, 0.4) is 0 Å². The fourth-order valence-electron chi connectivity index (χ4n) is 2.86. The van der Waals surface area contributed by atoms with E-state index in [2.05, 4.69) is 10.3 Å². The minimum Gasteiger partial charge on any atom is -0.497 e. The normalized spacial score (nSPS) is 15.3. The van der Waals surface area contributed by atoms with Crippen LogP contribution in [-0.2, 0) is 4.79 Å². The first-order valence-corrected chi connectivity index (χ1v) is 7.19. The highest BCUT2D eigenvalue weighted by atomic mass is 16.5. The number of aromatic amines is 1. The molecule has 0 unspecified atom stereocenters. The third-order valence-corrected chi connectivity index (χ3v) is 4.03. The Bertz CT molecular complexity index is 684. The average molecular weight is 286 g/mol. The van der Waals surface area contributed by atoms with E-state index in [1.54, 1.807) is 19.4 Å².